The van der Waals surface area contributed by atoms with E-state index in [0.717, 1.165) is 10.6 Å². The molecule has 0 bridgehead atoms. The van der Waals surface area contributed by atoms with Crippen LogP contribution in [0.25, 0.3) is 0 Å². The highest BCUT2D eigenvalue weighted by atomic mass is 32.1. The Morgan fingerprint density at radius 2 is 2.27 bits per heavy atom. The second-order valence-electron chi connectivity index (χ2n) is 5.39. The maximum absolute atomic E-state index is 13.5. The highest BCUT2D eigenvalue weighted by molar-refractivity contribution is 7.09. The number of amides is 2. The molecule has 1 N–H and O–H groups in total. The Bertz CT molecular complexity index is 630. The minimum absolute atomic E-state index is 0.176. The van der Waals surface area contributed by atoms with Crippen molar-refractivity contribution in [2.75, 3.05) is 13.6 Å². The van der Waals surface area contributed by atoms with Crippen molar-refractivity contribution in [3.63, 3.8) is 0 Å². The third-order valence-corrected chi connectivity index (χ3v) is 4.45. The first-order chi connectivity index (χ1) is 10.5. The van der Waals surface area contributed by atoms with Crippen LogP contribution in [-0.4, -0.2) is 29.5 Å². The minimum atomic E-state index is -0.252. The van der Waals surface area contributed by atoms with E-state index >= 15 is 0 Å². The van der Waals surface area contributed by atoms with Gasteiger partial charge in [-0.1, -0.05) is 19.1 Å². The van der Waals surface area contributed by atoms with E-state index in [-0.39, 0.29) is 17.8 Å². The largest absolute Gasteiger partial charge is 0.334 e. The van der Waals surface area contributed by atoms with Crippen LogP contribution in [0, 0.1) is 12.7 Å². The number of benzene rings is 1. The topological polar surface area (TPSA) is 45.2 Å². The fourth-order valence-electron chi connectivity index (χ4n) is 2.11. The summed E-state index contributed by atoms with van der Waals surface area (Å²) >= 11 is 1.59. The summed E-state index contributed by atoms with van der Waals surface area (Å²) in [5.41, 5.74) is 1.35. The SMILES string of the molecule is Cc1ccc(CNC(=O)N(C)C[C@H](C)c2nccs2)cc1F. The number of aromatic nitrogens is 1. The summed E-state index contributed by atoms with van der Waals surface area (Å²) in [7, 11) is 1.75. The molecule has 118 valence electrons. The number of likely N-dealkylation sites (N-methyl/N-ethyl adjacent to an activating group) is 1. The maximum atomic E-state index is 13.5. The first-order valence-corrected chi connectivity index (χ1v) is 7.98. The molecule has 22 heavy (non-hydrogen) atoms. The van der Waals surface area contributed by atoms with Gasteiger partial charge in [0.25, 0.3) is 0 Å². The highest BCUT2D eigenvalue weighted by Gasteiger charge is 2.15. The van der Waals surface area contributed by atoms with Gasteiger partial charge in [-0.2, -0.15) is 0 Å². The molecule has 0 aliphatic rings. The molecule has 0 saturated heterocycles. The number of carbonyl (C=O) groups excluding carboxylic acids is 1. The molecule has 0 unspecified atom stereocenters. The van der Waals surface area contributed by atoms with Crippen LogP contribution in [0.15, 0.2) is 29.8 Å². The van der Waals surface area contributed by atoms with Gasteiger partial charge in [0, 0.05) is 37.6 Å². The molecule has 1 heterocycles. The minimum Gasteiger partial charge on any atom is -0.334 e. The Morgan fingerprint density at radius 3 is 2.91 bits per heavy atom. The number of thiazole rings is 1. The Labute approximate surface area is 134 Å². The van der Waals surface area contributed by atoms with E-state index in [1.165, 1.54) is 6.07 Å². The third kappa shape index (κ3) is 4.27. The molecule has 0 fully saturated rings. The van der Waals surface area contributed by atoms with E-state index in [1.807, 2.05) is 18.4 Å². The van der Waals surface area contributed by atoms with Gasteiger partial charge in [0.05, 0.1) is 5.01 Å². The van der Waals surface area contributed by atoms with Crippen molar-refractivity contribution in [3.05, 3.63) is 51.7 Å². The Balaban J connectivity index is 1.84. The van der Waals surface area contributed by atoms with Gasteiger partial charge in [-0.15, -0.1) is 11.3 Å². The van der Waals surface area contributed by atoms with Crippen LogP contribution in [0.1, 0.15) is 29.0 Å². The lowest BCUT2D eigenvalue weighted by Crippen LogP contribution is -2.38. The Kier molecular flexibility index (Phi) is 5.49. The number of rotatable bonds is 5. The van der Waals surface area contributed by atoms with Crippen molar-refractivity contribution in [3.8, 4) is 0 Å². The van der Waals surface area contributed by atoms with Crippen LogP contribution in [0.2, 0.25) is 0 Å². The molecule has 0 saturated carbocycles. The van der Waals surface area contributed by atoms with Crippen molar-refractivity contribution in [2.24, 2.45) is 0 Å². The van der Waals surface area contributed by atoms with Gasteiger partial charge >= 0.3 is 6.03 Å². The highest BCUT2D eigenvalue weighted by Crippen LogP contribution is 2.18. The number of urea groups is 1. The average Bonchev–Trinajstić information content (AvgIpc) is 3.02. The fourth-order valence-corrected chi connectivity index (χ4v) is 2.80. The predicted octanol–water partition coefficient (Wildman–Crippen LogP) is 3.54. The van der Waals surface area contributed by atoms with E-state index in [2.05, 4.69) is 10.3 Å². The first kappa shape index (κ1) is 16.4. The van der Waals surface area contributed by atoms with Crippen molar-refractivity contribution >= 4 is 17.4 Å². The molecule has 0 aliphatic heterocycles. The van der Waals surface area contributed by atoms with Crippen LogP contribution in [0.3, 0.4) is 0 Å². The number of nitrogens with one attached hydrogen (secondary N) is 1. The van der Waals surface area contributed by atoms with Crippen molar-refractivity contribution < 1.29 is 9.18 Å². The summed E-state index contributed by atoms with van der Waals surface area (Å²) in [6, 6.07) is 4.81. The van der Waals surface area contributed by atoms with Gasteiger partial charge in [-0.05, 0) is 24.1 Å². The summed E-state index contributed by atoms with van der Waals surface area (Å²) in [5, 5.41) is 5.74. The molecule has 2 amide bonds. The molecular formula is C16H20FN3OS. The molecule has 4 nitrogen and oxygen atoms in total. The van der Waals surface area contributed by atoms with Gasteiger partial charge in [0.15, 0.2) is 0 Å². The summed E-state index contributed by atoms with van der Waals surface area (Å²) in [6.45, 7) is 4.65. The molecule has 0 radical (unpaired) electrons. The third-order valence-electron chi connectivity index (χ3n) is 3.45. The Hall–Kier alpha value is -1.95. The van der Waals surface area contributed by atoms with Crippen molar-refractivity contribution in [1.29, 1.82) is 0 Å². The monoisotopic (exact) mass is 321 g/mol. The molecular weight excluding hydrogens is 301 g/mol. The number of hydrogen-bond donors (Lipinski definition) is 1. The predicted molar refractivity (Wildman–Crippen MR) is 86.5 cm³/mol. The lowest BCUT2D eigenvalue weighted by molar-refractivity contribution is 0.206. The van der Waals surface area contributed by atoms with Crippen LogP contribution in [-0.2, 0) is 6.54 Å². The van der Waals surface area contributed by atoms with Crippen LogP contribution >= 0.6 is 11.3 Å². The van der Waals surface area contributed by atoms with Gasteiger partial charge < -0.3 is 10.2 Å². The molecule has 0 aliphatic carbocycles. The second kappa shape index (κ2) is 7.35. The standard InChI is InChI=1S/C16H20FN3OS/c1-11-4-5-13(8-14(11)17)9-19-16(21)20(3)10-12(2)15-18-6-7-22-15/h4-8,12H,9-10H2,1-3H3,(H,19,21)/t12-/m0/s1. The lowest BCUT2D eigenvalue weighted by Gasteiger charge is -2.21. The quantitative estimate of drug-likeness (QED) is 0.915. The molecule has 2 aromatic rings. The number of aryl methyl sites for hydroxylation is 1. The summed E-state index contributed by atoms with van der Waals surface area (Å²) < 4.78 is 13.5. The molecule has 1 aromatic carbocycles. The normalized spacial score (nSPS) is 12.0. The molecule has 0 spiro atoms. The van der Waals surface area contributed by atoms with Gasteiger partial charge in [-0.25, -0.2) is 14.2 Å². The van der Waals surface area contributed by atoms with E-state index < -0.39 is 0 Å². The number of carbonyl (C=O) groups is 1. The molecule has 6 heteroatoms. The smallest absolute Gasteiger partial charge is 0.317 e. The fraction of sp³-hybridized carbons (Fsp3) is 0.375. The van der Waals surface area contributed by atoms with E-state index in [1.54, 1.807) is 42.5 Å². The first-order valence-electron chi connectivity index (χ1n) is 7.10. The number of halogens is 1. The average molecular weight is 321 g/mol. The van der Waals surface area contributed by atoms with Gasteiger partial charge in [0.1, 0.15) is 5.82 Å². The molecule has 1 aromatic heterocycles. The Morgan fingerprint density at radius 1 is 1.50 bits per heavy atom. The van der Waals surface area contributed by atoms with Gasteiger partial charge in [-0.3, -0.25) is 0 Å². The van der Waals surface area contributed by atoms with E-state index in [9.17, 15) is 9.18 Å². The van der Waals surface area contributed by atoms with Crippen molar-refractivity contribution in [2.45, 2.75) is 26.3 Å². The maximum Gasteiger partial charge on any atom is 0.317 e. The molecule has 2 rings (SSSR count). The van der Waals surface area contributed by atoms with E-state index in [4.69, 9.17) is 0 Å². The summed E-state index contributed by atoms with van der Waals surface area (Å²) in [5.74, 6) is -0.0648. The van der Waals surface area contributed by atoms with Crippen molar-refractivity contribution in [1.82, 2.24) is 15.2 Å². The number of nitrogens with zero attached hydrogens (tertiary/aromatic N) is 2. The zero-order valence-corrected chi connectivity index (χ0v) is 13.8. The lowest BCUT2D eigenvalue weighted by atomic mass is 10.1. The van der Waals surface area contributed by atoms with Crippen LogP contribution in [0.4, 0.5) is 9.18 Å². The summed E-state index contributed by atoms with van der Waals surface area (Å²) in [4.78, 5) is 18.0. The number of hydrogen-bond acceptors (Lipinski definition) is 3. The summed E-state index contributed by atoms with van der Waals surface area (Å²) in [6.07, 6.45) is 1.77. The van der Waals surface area contributed by atoms with E-state index in [0.29, 0.717) is 18.7 Å². The van der Waals surface area contributed by atoms with Gasteiger partial charge in [0.2, 0.25) is 0 Å². The zero-order chi connectivity index (χ0) is 16.1. The second-order valence-corrected chi connectivity index (χ2v) is 6.32. The van der Waals surface area contributed by atoms with Crippen LogP contribution in [0.5, 0.6) is 0 Å². The zero-order valence-electron chi connectivity index (χ0n) is 13.0. The van der Waals surface area contributed by atoms with Crippen LogP contribution < -0.4 is 5.32 Å². The molecule has 1 atom stereocenters.